The van der Waals surface area contributed by atoms with Gasteiger partial charge in [0.05, 0.1) is 13.2 Å². The fourth-order valence-electron chi connectivity index (χ4n) is 2.03. The Balaban J connectivity index is 2.14. The molecule has 1 fully saturated rings. The molecule has 1 aliphatic heterocycles. The molecule has 2 heterocycles. The average molecular weight is 281 g/mol. The Kier molecular flexibility index (Phi) is 4.67. The lowest BCUT2D eigenvalue weighted by Crippen LogP contribution is -2.56. The number of likely N-dealkylation sites (N-methyl/N-ethyl adjacent to an activating group) is 1. The van der Waals surface area contributed by atoms with Crippen molar-refractivity contribution in [1.29, 1.82) is 0 Å². The van der Waals surface area contributed by atoms with Gasteiger partial charge in [-0.05, 0) is 6.92 Å². The lowest BCUT2D eigenvalue weighted by atomic mass is 10.2. The summed E-state index contributed by atoms with van der Waals surface area (Å²) in [5.74, 6) is 0.182. The van der Waals surface area contributed by atoms with E-state index < -0.39 is 6.04 Å². The maximum Gasteiger partial charge on any atom is 0.294 e. The van der Waals surface area contributed by atoms with Crippen molar-refractivity contribution in [2.45, 2.75) is 26.3 Å². The molecule has 2 rings (SSSR count). The van der Waals surface area contributed by atoms with E-state index in [-0.39, 0.29) is 24.2 Å². The first-order chi connectivity index (χ1) is 9.67. The molecule has 110 valence electrons. The van der Waals surface area contributed by atoms with Crippen LogP contribution in [0.1, 0.15) is 30.3 Å². The largest absolute Gasteiger partial charge is 0.377 e. The molecule has 0 radical (unpaired) electrons. The van der Waals surface area contributed by atoms with Crippen LogP contribution < -0.4 is 5.32 Å². The van der Waals surface area contributed by atoms with Crippen molar-refractivity contribution in [3.8, 4) is 0 Å². The molecular weight excluding hydrogens is 262 g/mol. The molecule has 0 aromatic carbocycles. The number of aryl methyl sites for hydroxylation is 1. The number of amides is 2. The summed E-state index contributed by atoms with van der Waals surface area (Å²) in [6.07, 6.45) is 0.670. The number of aromatic nitrogens is 3. The summed E-state index contributed by atoms with van der Waals surface area (Å²) < 4.78 is 5.29. The summed E-state index contributed by atoms with van der Waals surface area (Å²) in [6, 6.07) is -0.625. The van der Waals surface area contributed by atoms with Gasteiger partial charge in [0.1, 0.15) is 11.9 Å². The van der Waals surface area contributed by atoms with Crippen LogP contribution >= 0.6 is 0 Å². The van der Waals surface area contributed by atoms with Gasteiger partial charge in [-0.2, -0.15) is 0 Å². The van der Waals surface area contributed by atoms with E-state index in [1.54, 1.807) is 0 Å². The fourth-order valence-corrected chi connectivity index (χ4v) is 2.03. The third kappa shape index (κ3) is 2.96. The first-order valence-electron chi connectivity index (χ1n) is 6.75. The van der Waals surface area contributed by atoms with Crippen LogP contribution in [0.4, 0.5) is 0 Å². The number of nitrogens with one attached hydrogen (secondary N) is 2. The van der Waals surface area contributed by atoms with E-state index in [0.29, 0.717) is 31.9 Å². The Morgan fingerprint density at radius 3 is 2.95 bits per heavy atom. The molecule has 0 bridgehead atoms. The van der Waals surface area contributed by atoms with Crippen LogP contribution in [0.3, 0.4) is 0 Å². The summed E-state index contributed by atoms with van der Waals surface area (Å²) in [7, 11) is 0. The van der Waals surface area contributed by atoms with Crippen molar-refractivity contribution in [1.82, 2.24) is 25.4 Å². The molecule has 1 unspecified atom stereocenters. The van der Waals surface area contributed by atoms with Gasteiger partial charge in [-0.1, -0.05) is 6.92 Å². The van der Waals surface area contributed by atoms with E-state index >= 15 is 0 Å². The quantitative estimate of drug-likeness (QED) is 0.763. The molecule has 2 N–H and O–H groups in total. The third-order valence-corrected chi connectivity index (χ3v) is 3.10. The van der Waals surface area contributed by atoms with Crippen molar-refractivity contribution in [3.05, 3.63) is 11.6 Å². The lowest BCUT2D eigenvalue weighted by Gasteiger charge is -2.33. The molecule has 1 aromatic heterocycles. The molecule has 1 atom stereocenters. The van der Waals surface area contributed by atoms with Gasteiger partial charge in [-0.15, -0.1) is 5.10 Å². The van der Waals surface area contributed by atoms with Gasteiger partial charge in [-0.3, -0.25) is 14.7 Å². The highest BCUT2D eigenvalue weighted by atomic mass is 16.5. The maximum atomic E-state index is 12.4. The van der Waals surface area contributed by atoms with E-state index in [1.165, 1.54) is 4.90 Å². The zero-order valence-corrected chi connectivity index (χ0v) is 11.7. The molecule has 1 saturated heterocycles. The fraction of sp³-hybridized carbons (Fsp3) is 0.667. The van der Waals surface area contributed by atoms with E-state index in [1.807, 2.05) is 13.8 Å². The minimum absolute atomic E-state index is 0.0954. The number of aromatic amines is 1. The number of hydrogen-bond acceptors (Lipinski definition) is 5. The summed E-state index contributed by atoms with van der Waals surface area (Å²) >= 11 is 0. The van der Waals surface area contributed by atoms with Gasteiger partial charge in [0.15, 0.2) is 0 Å². The SMILES string of the molecule is CCNC(=O)C1COCCN1C(=O)c1n[nH]c(CC)n1. The molecule has 20 heavy (non-hydrogen) atoms. The Morgan fingerprint density at radius 1 is 1.50 bits per heavy atom. The maximum absolute atomic E-state index is 12.4. The Bertz CT molecular complexity index is 487. The molecule has 8 heteroatoms. The van der Waals surface area contributed by atoms with E-state index in [9.17, 15) is 9.59 Å². The second-order valence-corrected chi connectivity index (χ2v) is 4.44. The lowest BCUT2D eigenvalue weighted by molar-refractivity contribution is -0.130. The molecule has 2 amide bonds. The number of carbonyl (C=O) groups is 2. The Morgan fingerprint density at radius 2 is 2.30 bits per heavy atom. The van der Waals surface area contributed by atoms with Crippen molar-refractivity contribution in [2.24, 2.45) is 0 Å². The van der Waals surface area contributed by atoms with Crippen LogP contribution in [0, 0.1) is 0 Å². The normalized spacial score (nSPS) is 18.9. The van der Waals surface area contributed by atoms with Gasteiger partial charge in [0.2, 0.25) is 11.7 Å². The monoisotopic (exact) mass is 281 g/mol. The Hall–Kier alpha value is -1.96. The zero-order chi connectivity index (χ0) is 14.5. The number of ether oxygens (including phenoxy) is 1. The summed E-state index contributed by atoms with van der Waals surface area (Å²) in [5, 5.41) is 9.31. The van der Waals surface area contributed by atoms with Crippen LogP contribution in [0.2, 0.25) is 0 Å². The number of nitrogens with zero attached hydrogens (tertiary/aromatic N) is 3. The first kappa shape index (κ1) is 14.4. The topological polar surface area (TPSA) is 100 Å². The molecule has 1 aliphatic rings. The average Bonchev–Trinajstić information content (AvgIpc) is 2.95. The van der Waals surface area contributed by atoms with Crippen LogP contribution in [0.25, 0.3) is 0 Å². The van der Waals surface area contributed by atoms with Crippen LogP contribution in [0.5, 0.6) is 0 Å². The van der Waals surface area contributed by atoms with E-state index in [0.717, 1.165) is 0 Å². The zero-order valence-electron chi connectivity index (χ0n) is 11.7. The number of hydrogen-bond donors (Lipinski definition) is 2. The molecule has 0 saturated carbocycles. The first-order valence-corrected chi connectivity index (χ1v) is 6.75. The van der Waals surface area contributed by atoms with Gasteiger partial charge in [0.25, 0.3) is 5.91 Å². The predicted molar refractivity (Wildman–Crippen MR) is 70.1 cm³/mol. The minimum Gasteiger partial charge on any atom is -0.377 e. The number of H-pyrrole nitrogens is 1. The highest BCUT2D eigenvalue weighted by Gasteiger charge is 2.34. The number of rotatable bonds is 4. The molecular formula is C12H19N5O3. The molecule has 8 nitrogen and oxygen atoms in total. The van der Waals surface area contributed by atoms with Crippen molar-refractivity contribution < 1.29 is 14.3 Å². The second-order valence-electron chi connectivity index (χ2n) is 4.44. The molecule has 0 spiro atoms. The summed E-state index contributed by atoms with van der Waals surface area (Å²) in [4.78, 5) is 29.9. The molecule has 0 aliphatic carbocycles. The van der Waals surface area contributed by atoms with Crippen molar-refractivity contribution in [2.75, 3.05) is 26.3 Å². The van der Waals surface area contributed by atoms with Crippen LogP contribution in [-0.2, 0) is 16.0 Å². The highest BCUT2D eigenvalue weighted by molar-refractivity contribution is 5.95. The predicted octanol–water partition coefficient (Wildman–Crippen LogP) is -0.656. The number of morpholine rings is 1. The van der Waals surface area contributed by atoms with E-state index in [2.05, 4.69) is 20.5 Å². The highest BCUT2D eigenvalue weighted by Crippen LogP contribution is 2.11. The van der Waals surface area contributed by atoms with Gasteiger partial charge >= 0.3 is 0 Å². The summed E-state index contributed by atoms with van der Waals surface area (Å²) in [6.45, 7) is 5.22. The second kappa shape index (κ2) is 6.47. The van der Waals surface area contributed by atoms with Gasteiger partial charge < -0.3 is 15.0 Å². The smallest absolute Gasteiger partial charge is 0.294 e. The van der Waals surface area contributed by atoms with Crippen molar-refractivity contribution >= 4 is 11.8 Å². The van der Waals surface area contributed by atoms with Gasteiger partial charge in [-0.25, -0.2) is 4.98 Å². The van der Waals surface area contributed by atoms with Crippen molar-refractivity contribution in [3.63, 3.8) is 0 Å². The number of carbonyl (C=O) groups excluding carboxylic acids is 2. The van der Waals surface area contributed by atoms with E-state index in [4.69, 9.17) is 4.74 Å². The molecule has 1 aromatic rings. The summed E-state index contributed by atoms with van der Waals surface area (Å²) in [5.41, 5.74) is 0. The Labute approximate surface area is 116 Å². The standard InChI is InChI=1S/C12H19N5O3/c1-3-9-14-10(16-15-9)12(19)17-5-6-20-7-8(17)11(18)13-4-2/h8H,3-7H2,1-2H3,(H,13,18)(H,14,15,16). The third-order valence-electron chi connectivity index (χ3n) is 3.10. The minimum atomic E-state index is -0.625. The van der Waals surface area contributed by atoms with Crippen LogP contribution in [0.15, 0.2) is 0 Å². The van der Waals surface area contributed by atoms with Crippen LogP contribution in [-0.4, -0.2) is 64.2 Å². The van der Waals surface area contributed by atoms with Gasteiger partial charge in [0, 0.05) is 19.5 Å².